The summed E-state index contributed by atoms with van der Waals surface area (Å²) in [6, 6.07) is 5.89. The molecule has 0 radical (unpaired) electrons. The van der Waals surface area contributed by atoms with Gasteiger partial charge in [-0.3, -0.25) is 9.59 Å². The zero-order valence-electron chi connectivity index (χ0n) is 14.7. The highest BCUT2D eigenvalue weighted by Crippen LogP contribution is 2.31. The van der Waals surface area contributed by atoms with Gasteiger partial charge in [0.1, 0.15) is 0 Å². The number of hydrogen-bond acceptors (Lipinski definition) is 2. The summed E-state index contributed by atoms with van der Waals surface area (Å²) in [7, 11) is 0. The largest absolute Gasteiger partial charge is 0.356 e. The van der Waals surface area contributed by atoms with Crippen molar-refractivity contribution in [2.75, 3.05) is 11.9 Å². The van der Waals surface area contributed by atoms with E-state index < -0.39 is 0 Å². The van der Waals surface area contributed by atoms with E-state index >= 15 is 0 Å². The fourth-order valence-corrected chi connectivity index (χ4v) is 3.62. The minimum atomic E-state index is -0.00708. The quantitative estimate of drug-likeness (QED) is 0.782. The first-order valence-electron chi connectivity index (χ1n) is 8.71. The second kappa shape index (κ2) is 8.65. The smallest absolute Gasteiger partial charge is 0.227 e. The van der Waals surface area contributed by atoms with Crippen molar-refractivity contribution in [3.63, 3.8) is 0 Å². The van der Waals surface area contributed by atoms with Crippen molar-refractivity contribution in [3.05, 3.63) is 28.2 Å². The van der Waals surface area contributed by atoms with Crippen LogP contribution in [0.5, 0.6) is 0 Å². The minimum Gasteiger partial charge on any atom is -0.356 e. The molecule has 2 amide bonds. The summed E-state index contributed by atoms with van der Waals surface area (Å²) >= 11 is 3.49. The molecule has 4 nitrogen and oxygen atoms in total. The van der Waals surface area contributed by atoms with E-state index in [0.717, 1.165) is 48.0 Å². The van der Waals surface area contributed by atoms with E-state index in [1.807, 2.05) is 25.1 Å². The summed E-state index contributed by atoms with van der Waals surface area (Å²) in [6.45, 7) is 6.91. The van der Waals surface area contributed by atoms with Crippen molar-refractivity contribution in [1.82, 2.24) is 5.32 Å². The van der Waals surface area contributed by atoms with Crippen LogP contribution in [0.2, 0.25) is 0 Å². The second-order valence-corrected chi connectivity index (χ2v) is 8.01. The molecule has 1 aromatic carbocycles. The highest BCUT2D eigenvalue weighted by Gasteiger charge is 2.30. The van der Waals surface area contributed by atoms with Gasteiger partial charge in [0.25, 0.3) is 0 Å². The fourth-order valence-electron chi connectivity index (χ4n) is 3.02. The van der Waals surface area contributed by atoms with Crippen LogP contribution < -0.4 is 10.6 Å². The van der Waals surface area contributed by atoms with E-state index in [4.69, 9.17) is 0 Å². The third kappa shape index (κ3) is 5.33. The van der Waals surface area contributed by atoms with Crippen LogP contribution in [0.15, 0.2) is 22.7 Å². The van der Waals surface area contributed by atoms with Crippen molar-refractivity contribution in [3.8, 4) is 0 Å². The molecule has 1 aliphatic rings. The molecule has 0 bridgehead atoms. The maximum atomic E-state index is 12.5. The Balaban J connectivity index is 1.83. The van der Waals surface area contributed by atoms with Crippen LogP contribution in [-0.4, -0.2) is 18.4 Å². The average Bonchev–Trinajstić information content (AvgIpc) is 2.55. The number of halogens is 1. The van der Waals surface area contributed by atoms with Gasteiger partial charge in [-0.15, -0.1) is 0 Å². The number of anilines is 1. The monoisotopic (exact) mass is 394 g/mol. The number of amides is 2. The van der Waals surface area contributed by atoms with Crippen molar-refractivity contribution in [2.24, 2.45) is 17.8 Å². The zero-order valence-corrected chi connectivity index (χ0v) is 16.3. The number of carbonyl (C=O) groups is 2. The number of nitrogens with one attached hydrogen (secondary N) is 2. The maximum absolute atomic E-state index is 12.5. The number of aryl methyl sites for hydroxylation is 1. The summed E-state index contributed by atoms with van der Waals surface area (Å²) in [6.07, 6.45) is 3.12. The standard InChI is InChI=1S/C19H27BrN2O2/c1-12(2)11-21-18(23)14-5-7-15(8-6-14)19(24)22-17-9-4-13(3)10-16(17)20/h4,9-10,12,14-15H,5-8,11H2,1-3H3,(H,21,23)(H,22,24). The van der Waals surface area contributed by atoms with E-state index in [9.17, 15) is 9.59 Å². The molecular weight excluding hydrogens is 368 g/mol. The first-order valence-corrected chi connectivity index (χ1v) is 9.51. The summed E-state index contributed by atoms with van der Waals surface area (Å²) in [5.41, 5.74) is 1.95. The molecule has 0 atom stereocenters. The molecule has 0 spiro atoms. The normalized spacial score (nSPS) is 20.7. The number of carbonyl (C=O) groups excluding carboxylic acids is 2. The van der Waals surface area contributed by atoms with Crippen LogP contribution in [-0.2, 0) is 9.59 Å². The van der Waals surface area contributed by atoms with Gasteiger partial charge in [-0.05, 0) is 72.2 Å². The predicted molar refractivity (Wildman–Crippen MR) is 101 cm³/mol. The van der Waals surface area contributed by atoms with Crippen molar-refractivity contribution in [1.29, 1.82) is 0 Å². The SMILES string of the molecule is Cc1ccc(NC(=O)C2CCC(C(=O)NCC(C)C)CC2)c(Br)c1. The van der Waals surface area contributed by atoms with Crippen LogP contribution in [0.4, 0.5) is 5.69 Å². The highest BCUT2D eigenvalue weighted by atomic mass is 79.9. The molecule has 2 N–H and O–H groups in total. The Kier molecular flexibility index (Phi) is 6.84. The second-order valence-electron chi connectivity index (χ2n) is 7.16. The Labute approximate surface area is 152 Å². The summed E-state index contributed by atoms with van der Waals surface area (Å²) in [5, 5.41) is 6.01. The molecule has 132 valence electrons. The molecule has 0 unspecified atom stereocenters. The van der Waals surface area contributed by atoms with E-state index in [1.54, 1.807) is 0 Å². The molecular formula is C19H27BrN2O2. The van der Waals surface area contributed by atoms with Crippen LogP contribution in [0.3, 0.4) is 0 Å². The molecule has 0 aromatic heterocycles. The molecule has 1 fully saturated rings. The molecule has 0 heterocycles. The first kappa shape index (κ1) is 19.0. The van der Waals surface area contributed by atoms with Gasteiger partial charge in [-0.2, -0.15) is 0 Å². The molecule has 1 aromatic rings. The Morgan fingerprint density at radius 2 is 1.71 bits per heavy atom. The van der Waals surface area contributed by atoms with Crippen molar-refractivity contribution in [2.45, 2.75) is 46.5 Å². The van der Waals surface area contributed by atoms with Gasteiger partial charge >= 0.3 is 0 Å². The third-order valence-corrected chi connectivity index (χ3v) is 5.19. The Morgan fingerprint density at radius 3 is 2.25 bits per heavy atom. The van der Waals surface area contributed by atoms with Crippen LogP contribution in [0, 0.1) is 24.7 Å². The summed E-state index contributed by atoms with van der Waals surface area (Å²) in [4.78, 5) is 24.6. The van der Waals surface area contributed by atoms with E-state index in [2.05, 4.69) is 40.4 Å². The van der Waals surface area contributed by atoms with Gasteiger partial charge in [-0.1, -0.05) is 19.9 Å². The highest BCUT2D eigenvalue weighted by molar-refractivity contribution is 9.10. The minimum absolute atomic E-state index is 0.00708. The molecule has 2 rings (SSSR count). The lowest BCUT2D eigenvalue weighted by atomic mass is 9.81. The molecule has 0 saturated heterocycles. The fraction of sp³-hybridized carbons (Fsp3) is 0.579. The van der Waals surface area contributed by atoms with Crippen LogP contribution in [0.1, 0.15) is 45.1 Å². The van der Waals surface area contributed by atoms with E-state index in [0.29, 0.717) is 5.92 Å². The number of rotatable bonds is 5. The van der Waals surface area contributed by atoms with Gasteiger partial charge in [0.2, 0.25) is 11.8 Å². The van der Waals surface area contributed by atoms with Crippen molar-refractivity contribution < 1.29 is 9.59 Å². The first-order chi connectivity index (χ1) is 11.4. The third-order valence-electron chi connectivity index (χ3n) is 4.54. The molecule has 5 heteroatoms. The Morgan fingerprint density at radius 1 is 1.12 bits per heavy atom. The van der Waals surface area contributed by atoms with E-state index in [1.165, 1.54) is 0 Å². The Hall–Kier alpha value is -1.36. The topological polar surface area (TPSA) is 58.2 Å². The van der Waals surface area contributed by atoms with E-state index in [-0.39, 0.29) is 23.7 Å². The van der Waals surface area contributed by atoms with Gasteiger partial charge in [0, 0.05) is 22.9 Å². The molecule has 0 aliphatic heterocycles. The molecule has 1 aliphatic carbocycles. The summed E-state index contributed by atoms with van der Waals surface area (Å²) in [5.74, 6) is 0.708. The predicted octanol–water partition coefficient (Wildman–Crippen LogP) is 4.27. The summed E-state index contributed by atoms with van der Waals surface area (Å²) < 4.78 is 0.901. The van der Waals surface area contributed by atoms with Gasteiger partial charge in [0.05, 0.1) is 5.69 Å². The maximum Gasteiger partial charge on any atom is 0.227 e. The lowest BCUT2D eigenvalue weighted by Crippen LogP contribution is -2.37. The average molecular weight is 395 g/mol. The van der Waals surface area contributed by atoms with Crippen molar-refractivity contribution >= 4 is 33.4 Å². The van der Waals surface area contributed by atoms with Crippen LogP contribution >= 0.6 is 15.9 Å². The molecule has 1 saturated carbocycles. The van der Waals surface area contributed by atoms with Gasteiger partial charge < -0.3 is 10.6 Å². The zero-order chi connectivity index (χ0) is 17.7. The molecule has 24 heavy (non-hydrogen) atoms. The number of hydrogen-bond donors (Lipinski definition) is 2. The lowest BCUT2D eigenvalue weighted by molar-refractivity contribution is -0.128. The Bertz CT molecular complexity index is 593. The van der Waals surface area contributed by atoms with Crippen LogP contribution in [0.25, 0.3) is 0 Å². The number of benzene rings is 1. The lowest BCUT2D eigenvalue weighted by Gasteiger charge is -2.27. The van der Waals surface area contributed by atoms with Gasteiger partial charge in [-0.25, -0.2) is 0 Å². The van der Waals surface area contributed by atoms with Gasteiger partial charge in [0.15, 0.2) is 0 Å².